The maximum Gasteiger partial charge on any atom is 0.231 e. The molecule has 1 aliphatic heterocycles. The van der Waals surface area contributed by atoms with Crippen molar-refractivity contribution in [3.63, 3.8) is 0 Å². The van der Waals surface area contributed by atoms with Crippen molar-refractivity contribution >= 4 is 17.3 Å². The van der Waals surface area contributed by atoms with Crippen LogP contribution >= 0.6 is 0 Å². The van der Waals surface area contributed by atoms with Gasteiger partial charge in [-0.3, -0.25) is 14.4 Å². The van der Waals surface area contributed by atoms with E-state index in [0.29, 0.717) is 23.7 Å². The Hall–Kier alpha value is -2.37. The van der Waals surface area contributed by atoms with Gasteiger partial charge < -0.3 is 14.2 Å². The molecular weight excluding hydrogens is 312 g/mol. The van der Waals surface area contributed by atoms with Crippen molar-refractivity contribution in [3.05, 3.63) is 18.2 Å². The van der Waals surface area contributed by atoms with Crippen molar-refractivity contribution in [1.29, 1.82) is 0 Å². The molecule has 0 spiro atoms. The summed E-state index contributed by atoms with van der Waals surface area (Å²) in [6, 6.07) is 5.11. The second kappa shape index (κ2) is 8.47. The lowest BCUT2D eigenvalue weighted by atomic mass is 10.0. The van der Waals surface area contributed by atoms with Crippen molar-refractivity contribution in [3.8, 4) is 17.2 Å². The predicted molar refractivity (Wildman–Crippen MR) is 86.4 cm³/mol. The van der Waals surface area contributed by atoms with Crippen LogP contribution in [0.25, 0.3) is 0 Å². The molecule has 0 amide bonds. The fraction of sp³-hybridized carbons (Fsp3) is 0.500. The molecule has 130 valence electrons. The van der Waals surface area contributed by atoms with Gasteiger partial charge in [-0.25, -0.2) is 0 Å². The van der Waals surface area contributed by atoms with Gasteiger partial charge in [0.15, 0.2) is 23.4 Å². The monoisotopic (exact) mass is 334 g/mol. The van der Waals surface area contributed by atoms with Crippen molar-refractivity contribution in [2.24, 2.45) is 0 Å². The first-order valence-corrected chi connectivity index (χ1v) is 8.12. The number of carbonyl (C=O) groups is 3. The molecule has 0 radical (unpaired) electrons. The zero-order chi connectivity index (χ0) is 17.5. The number of Topliss-reactive ketones (excluding diaryl/α,β-unsaturated/α-hetero) is 3. The van der Waals surface area contributed by atoms with Gasteiger partial charge in [-0.1, -0.05) is 6.92 Å². The van der Waals surface area contributed by atoms with Crippen LogP contribution in [0.4, 0.5) is 0 Å². The van der Waals surface area contributed by atoms with Crippen LogP contribution in [0.3, 0.4) is 0 Å². The van der Waals surface area contributed by atoms with Crippen LogP contribution in [0.5, 0.6) is 17.2 Å². The largest absolute Gasteiger partial charge is 0.483 e. The smallest absolute Gasteiger partial charge is 0.231 e. The zero-order valence-corrected chi connectivity index (χ0v) is 14.0. The third kappa shape index (κ3) is 5.08. The molecule has 6 heteroatoms. The number of hydrogen-bond donors (Lipinski definition) is 0. The summed E-state index contributed by atoms with van der Waals surface area (Å²) in [5.74, 6) is 1.59. The molecule has 0 aromatic heterocycles. The first-order valence-electron chi connectivity index (χ1n) is 8.12. The summed E-state index contributed by atoms with van der Waals surface area (Å²) in [7, 11) is 0. The van der Waals surface area contributed by atoms with Gasteiger partial charge in [-0.2, -0.15) is 0 Å². The zero-order valence-electron chi connectivity index (χ0n) is 14.0. The van der Waals surface area contributed by atoms with Gasteiger partial charge in [-0.15, -0.1) is 0 Å². The summed E-state index contributed by atoms with van der Waals surface area (Å²) in [4.78, 5) is 35.0. The van der Waals surface area contributed by atoms with E-state index in [4.69, 9.17) is 14.2 Å². The summed E-state index contributed by atoms with van der Waals surface area (Å²) in [5.41, 5.74) is 0. The molecule has 1 atom stereocenters. The van der Waals surface area contributed by atoms with E-state index in [-0.39, 0.29) is 49.8 Å². The molecule has 0 N–H and O–H groups in total. The SMILES string of the molecule is CCC(=O)CCC(=O)CCC(=O)C(C)Oc1ccc2c(c1)OCO2. The van der Waals surface area contributed by atoms with Crippen molar-refractivity contribution in [2.45, 2.75) is 52.1 Å². The summed E-state index contributed by atoms with van der Waals surface area (Å²) >= 11 is 0. The Morgan fingerprint density at radius 1 is 1.04 bits per heavy atom. The van der Waals surface area contributed by atoms with E-state index >= 15 is 0 Å². The van der Waals surface area contributed by atoms with Gasteiger partial charge in [-0.05, 0) is 19.1 Å². The second-order valence-electron chi connectivity index (χ2n) is 5.67. The average molecular weight is 334 g/mol. The second-order valence-corrected chi connectivity index (χ2v) is 5.67. The lowest BCUT2D eigenvalue weighted by Crippen LogP contribution is -2.24. The molecule has 1 aromatic carbocycles. The standard InChI is InChI=1S/C18H22O6/c1-3-13(19)4-5-14(20)6-8-16(21)12(2)24-15-7-9-17-18(10-15)23-11-22-17/h7,9-10,12H,3-6,8,11H2,1-2H3. The van der Waals surface area contributed by atoms with E-state index in [1.165, 1.54) is 0 Å². The van der Waals surface area contributed by atoms with Crippen molar-refractivity contribution < 1.29 is 28.6 Å². The minimum atomic E-state index is -0.657. The molecule has 0 fully saturated rings. The van der Waals surface area contributed by atoms with E-state index in [1.807, 2.05) is 0 Å². The molecule has 0 saturated carbocycles. The molecule has 1 heterocycles. The lowest BCUT2D eigenvalue weighted by molar-refractivity contribution is -0.128. The van der Waals surface area contributed by atoms with Crippen LogP contribution < -0.4 is 14.2 Å². The van der Waals surface area contributed by atoms with Gasteiger partial charge in [0.1, 0.15) is 17.3 Å². The van der Waals surface area contributed by atoms with Gasteiger partial charge in [0, 0.05) is 38.2 Å². The number of ether oxygens (including phenoxy) is 3. The fourth-order valence-corrected chi connectivity index (χ4v) is 2.27. The number of fused-ring (bicyclic) bond motifs is 1. The Morgan fingerprint density at radius 3 is 2.46 bits per heavy atom. The summed E-state index contributed by atoms with van der Waals surface area (Å²) in [6.07, 6.45) is 0.502. The first-order chi connectivity index (χ1) is 11.5. The fourth-order valence-electron chi connectivity index (χ4n) is 2.27. The molecule has 24 heavy (non-hydrogen) atoms. The van der Waals surface area contributed by atoms with E-state index < -0.39 is 6.10 Å². The molecular formula is C18H22O6. The Bertz CT molecular complexity index is 622. The molecule has 0 saturated heterocycles. The van der Waals surface area contributed by atoms with Crippen molar-refractivity contribution in [1.82, 2.24) is 0 Å². The molecule has 1 aliphatic rings. The van der Waals surface area contributed by atoms with E-state index in [2.05, 4.69) is 0 Å². The van der Waals surface area contributed by atoms with Gasteiger partial charge in [0.25, 0.3) is 0 Å². The number of hydrogen-bond acceptors (Lipinski definition) is 6. The first kappa shape index (κ1) is 18.0. The third-order valence-corrected chi connectivity index (χ3v) is 3.84. The van der Waals surface area contributed by atoms with Crippen LogP contribution in [-0.2, 0) is 14.4 Å². The van der Waals surface area contributed by atoms with Crippen LogP contribution in [0.2, 0.25) is 0 Å². The lowest BCUT2D eigenvalue weighted by Gasteiger charge is -2.13. The number of carbonyl (C=O) groups excluding carboxylic acids is 3. The third-order valence-electron chi connectivity index (χ3n) is 3.84. The highest BCUT2D eigenvalue weighted by molar-refractivity contribution is 5.90. The quantitative estimate of drug-likeness (QED) is 0.654. The van der Waals surface area contributed by atoms with E-state index in [9.17, 15) is 14.4 Å². The van der Waals surface area contributed by atoms with Crippen LogP contribution in [0.15, 0.2) is 18.2 Å². The molecule has 2 rings (SSSR count). The van der Waals surface area contributed by atoms with Crippen LogP contribution in [-0.4, -0.2) is 30.2 Å². The molecule has 1 aromatic rings. The Balaban J connectivity index is 1.76. The normalized spacial score (nSPS) is 13.4. The number of rotatable bonds is 10. The molecule has 1 unspecified atom stereocenters. The molecule has 0 bridgehead atoms. The molecule has 6 nitrogen and oxygen atoms in total. The molecule has 0 aliphatic carbocycles. The predicted octanol–water partition coefficient (Wildman–Crippen LogP) is 2.86. The number of ketones is 3. The van der Waals surface area contributed by atoms with Gasteiger partial charge >= 0.3 is 0 Å². The Kier molecular flexibility index (Phi) is 6.35. The van der Waals surface area contributed by atoms with Gasteiger partial charge in [0.2, 0.25) is 6.79 Å². The van der Waals surface area contributed by atoms with Crippen LogP contribution in [0.1, 0.15) is 46.0 Å². The summed E-state index contributed by atoms with van der Waals surface area (Å²) in [5, 5.41) is 0. The topological polar surface area (TPSA) is 78.9 Å². The maximum absolute atomic E-state index is 12.1. The highest BCUT2D eigenvalue weighted by Crippen LogP contribution is 2.35. The average Bonchev–Trinajstić information content (AvgIpc) is 3.04. The summed E-state index contributed by atoms with van der Waals surface area (Å²) < 4.78 is 16.1. The number of benzene rings is 1. The Labute approximate surface area is 141 Å². The Morgan fingerprint density at radius 2 is 1.71 bits per heavy atom. The summed E-state index contributed by atoms with van der Waals surface area (Å²) in [6.45, 7) is 3.60. The van der Waals surface area contributed by atoms with Crippen molar-refractivity contribution in [2.75, 3.05) is 6.79 Å². The van der Waals surface area contributed by atoms with E-state index in [1.54, 1.807) is 32.0 Å². The van der Waals surface area contributed by atoms with Gasteiger partial charge in [0.05, 0.1) is 0 Å². The highest BCUT2D eigenvalue weighted by Gasteiger charge is 2.19. The maximum atomic E-state index is 12.1. The minimum Gasteiger partial charge on any atom is -0.483 e. The van der Waals surface area contributed by atoms with E-state index in [0.717, 1.165) is 0 Å². The minimum absolute atomic E-state index is 0.0641. The van der Waals surface area contributed by atoms with Crippen LogP contribution in [0, 0.1) is 0 Å². The highest BCUT2D eigenvalue weighted by atomic mass is 16.7.